The van der Waals surface area contributed by atoms with Crippen molar-refractivity contribution < 1.29 is 8.42 Å². The minimum Gasteiger partial charge on any atom is -0.309 e. The van der Waals surface area contributed by atoms with Gasteiger partial charge in [-0.2, -0.15) is 0 Å². The number of unbranched alkanes of at least 4 members (excludes halogenated alkanes) is 1. The molecule has 0 unspecified atom stereocenters. The number of nitrogens with one attached hydrogen (secondary N) is 1. The van der Waals surface area contributed by atoms with Crippen molar-refractivity contribution in [2.24, 2.45) is 0 Å². The van der Waals surface area contributed by atoms with E-state index in [2.05, 4.69) is 9.62 Å². The maximum atomic E-state index is 12.1. The van der Waals surface area contributed by atoms with Crippen LogP contribution < -0.4 is 4.72 Å². The van der Waals surface area contributed by atoms with E-state index in [0.717, 1.165) is 31.4 Å². The van der Waals surface area contributed by atoms with Crippen LogP contribution in [0.3, 0.4) is 0 Å². The lowest BCUT2D eigenvalue weighted by molar-refractivity contribution is 0.394. The van der Waals surface area contributed by atoms with Crippen molar-refractivity contribution in [3.05, 3.63) is 29.8 Å². The molecule has 114 valence electrons. The molecule has 0 bridgehead atoms. The lowest BCUT2D eigenvalue weighted by Crippen LogP contribution is -2.25. The molecule has 0 radical (unpaired) electrons. The van der Waals surface area contributed by atoms with Crippen LogP contribution in [0.1, 0.15) is 18.4 Å². The van der Waals surface area contributed by atoms with Crippen LogP contribution in [0.15, 0.2) is 29.2 Å². The van der Waals surface area contributed by atoms with Crippen LogP contribution >= 0.6 is 11.6 Å². The summed E-state index contributed by atoms with van der Waals surface area (Å²) in [6.07, 6.45) is 2.56. The largest absolute Gasteiger partial charge is 0.309 e. The Kier molecular flexibility index (Phi) is 7.51. The van der Waals surface area contributed by atoms with Crippen molar-refractivity contribution in [3.8, 4) is 0 Å². The van der Waals surface area contributed by atoms with Gasteiger partial charge in [-0.1, -0.05) is 12.1 Å². The van der Waals surface area contributed by atoms with Gasteiger partial charge in [0.1, 0.15) is 0 Å². The maximum absolute atomic E-state index is 12.1. The summed E-state index contributed by atoms with van der Waals surface area (Å²) in [7, 11) is 0.624. The smallest absolute Gasteiger partial charge is 0.240 e. The fourth-order valence-corrected chi connectivity index (χ4v) is 3.08. The minimum atomic E-state index is -3.39. The minimum absolute atomic E-state index is 0.309. The van der Waals surface area contributed by atoms with Gasteiger partial charge < -0.3 is 4.90 Å². The molecule has 0 aromatic heterocycles. The van der Waals surface area contributed by atoms with Crippen molar-refractivity contribution in [2.75, 3.05) is 33.1 Å². The highest BCUT2D eigenvalue weighted by Crippen LogP contribution is 2.11. The fourth-order valence-electron chi connectivity index (χ4n) is 1.79. The van der Waals surface area contributed by atoms with Crippen LogP contribution in [0.25, 0.3) is 0 Å². The molecule has 0 fully saturated rings. The molecule has 20 heavy (non-hydrogen) atoms. The molecular formula is C14H23ClN2O2S. The van der Waals surface area contributed by atoms with Crippen LogP contribution in [-0.4, -0.2) is 46.4 Å². The zero-order chi connectivity index (χ0) is 15.0. The molecule has 6 heteroatoms. The molecule has 0 aliphatic carbocycles. The lowest BCUT2D eigenvalue weighted by Gasteiger charge is -2.10. The number of nitrogens with zero attached hydrogens (tertiary/aromatic N) is 1. The second-order valence-electron chi connectivity index (χ2n) is 4.99. The predicted molar refractivity (Wildman–Crippen MR) is 83.8 cm³/mol. The Bertz CT molecular complexity index is 486. The van der Waals surface area contributed by atoms with Crippen molar-refractivity contribution in [1.29, 1.82) is 0 Å². The summed E-state index contributed by atoms with van der Waals surface area (Å²) in [5, 5.41) is 0. The molecule has 0 saturated carbocycles. The fraction of sp³-hybridized carbons (Fsp3) is 0.571. The van der Waals surface area contributed by atoms with Crippen LogP contribution in [0.5, 0.6) is 0 Å². The van der Waals surface area contributed by atoms with Gasteiger partial charge in [0.05, 0.1) is 4.90 Å². The first-order valence-corrected chi connectivity index (χ1v) is 8.77. The molecule has 1 N–H and O–H groups in total. The highest BCUT2D eigenvalue weighted by Gasteiger charge is 2.12. The third-order valence-corrected chi connectivity index (χ3v) is 4.61. The first-order valence-electron chi connectivity index (χ1n) is 6.75. The van der Waals surface area contributed by atoms with Crippen molar-refractivity contribution in [2.45, 2.75) is 24.2 Å². The third-order valence-electron chi connectivity index (χ3n) is 2.94. The topological polar surface area (TPSA) is 49.4 Å². The standard InChI is InChI=1S/C14H23ClN2O2S/c1-17(2)12-4-3-11-16-20(18,19)14-7-5-13(6-8-14)9-10-15/h5-8,16H,3-4,9-12H2,1-2H3. The number of alkyl halides is 1. The van der Waals surface area contributed by atoms with E-state index in [1.165, 1.54) is 0 Å². The normalized spacial score (nSPS) is 12.0. The Morgan fingerprint density at radius 2 is 1.80 bits per heavy atom. The zero-order valence-corrected chi connectivity index (χ0v) is 13.7. The van der Waals surface area contributed by atoms with Gasteiger partial charge in [0, 0.05) is 12.4 Å². The molecule has 4 nitrogen and oxygen atoms in total. The van der Waals surface area contributed by atoms with E-state index in [-0.39, 0.29) is 0 Å². The molecule has 1 aromatic rings. The summed E-state index contributed by atoms with van der Waals surface area (Å²) < 4.78 is 26.7. The molecule has 0 saturated heterocycles. The van der Waals surface area contributed by atoms with Crippen LogP contribution in [0.2, 0.25) is 0 Å². The number of hydrogen-bond acceptors (Lipinski definition) is 3. The highest BCUT2D eigenvalue weighted by atomic mass is 35.5. The van der Waals surface area contributed by atoms with Crippen molar-refractivity contribution in [3.63, 3.8) is 0 Å². The molecule has 0 atom stereocenters. The van der Waals surface area contributed by atoms with E-state index in [1.807, 2.05) is 26.2 Å². The Morgan fingerprint density at radius 1 is 1.15 bits per heavy atom. The van der Waals surface area contributed by atoms with E-state index in [9.17, 15) is 8.42 Å². The van der Waals surface area contributed by atoms with E-state index >= 15 is 0 Å². The first kappa shape index (κ1) is 17.4. The van der Waals surface area contributed by atoms with Crippen LogP contribution in [-0.2, 0) is 16.4 Å². The third kappa shape index (κ3) is 6.22. The van der Waals surface area contributed by atoms with E-state index < -0.39 is 10.0 Å². The molecule has 1 aromatic carbocycles. The second kappa shape index (κ2) is 8.62. The summed E-state index contributed by atoms with van der Waals surface area (Å²) in [4.78, 5) is 2.40. The zero-order valence-electron chi connectivity index (χ0n) is 12.1. The Morgan fingerprint density at radius 3 is 2.35 bits per heavy atom. The average molecular weight is 319 g/mol. The molecule has 0 aliphatic heterocycles. The SMILES string of the molecule is CN(C)CCCCNS(=O)(=O)c1ccc(CCCl)cc1. The second-order valence-corrected chi connectivity index (χ2v) is 7.14. The van der Waals surface area contributed by atoms with Crippen LogP contribution in [0.4, 0.5) is 0 Å². The summed E-state index contributed by atoms with van der Waals surface area (Å²) in [5.74, 6) is 0.538. The van der Waals surface area contributed by atoms with Gasteiger partial charge in [-0.15, -0.1) is 11.6 Å². The highest BCUT2D eigenvalue weighted by molar-refractivity contribution is 7.89. The monoisotopic (exact) mass is 318 g/mol. The molecule has 0 spiro atoms. The van der Waals surface area contributed by atoms with Crippen LogP contribution in [0, 0.1) is 0 Å². The van der Waals surface area contributed by atoms with Crippen molar-refractivity contribution in [1.82, 2.24) is 9.62 Å². The number of rotatable bonds is 9. The Labute approximate surface area is 127 Å². The van der Waals surface area contributed by atoms with E-state index in [0.29, 0.717) is 17.3 Å². The number of sulfonamides is 1. The molecule has 1 rings (SSSR count). The molecule has 0 heterocycles. The number of benzene rings is 1. The van der Waals surface area contributed by atoms with Gasteiger partial charge in [-0.25, -0.2) is 13.1 Å². The Balaban J connectivity index is 2.47. The summed E-state index contributed by atoms with van der Waals surface area (Å²) in [6, 6.07) is 6.88. The molecular weight excluding hydrogens is 296 g/mol. The number of hydrogen-bond donors (Lipinski definition) is 1. The first-order chi connectivity index (χ1) is 9.45. The summed E-state index contributed by atoms with van der Waals surface area (Å²) in [5.41, 5.74) is 1.05. The van der Waals surface area contributed by atoms with E-state index in [4.69, 9.17) is 11.6 Å². The Hall–Kier alpha value is -0.620. The van der Waals surface area contributed by atoms with Gasteiger partial charge in [-0.3, -0.25) is 0 Å². The predicted octanol–water partition coefficient (Wildman–Crippen LogP) is 2.09. The van der Waals surface area contributed by atoms with Gasteiger partial charge >= 0.3 is 0 Å². The number of aryl methyl sites for hydroxylation is 1. The van der Waals surface area contributed by atoms with Gasteiger partial charge in [0.25, 0.3) is 0 Å². The number of halogens is 1. The quantitative estimate of drug-likeness (QED) is 0.560. The summed E-state index contributed by atoms with van der Waals surface area (Å²) in [6.45, 7) is 1.44. The van der Waals surface area contributed by atoms with Gasteiger partial charge in [-0.05, 0) is 57.6 Å². The van der Waals surface area contributed by atoms with Crippen molar-refractivity contribution >= 4 is 21.6 Å². The lowest BCUT2D eigenvalue weighted by atomic mass is 10.2. The molecule has 0 aliphatic rings. The van der Waals surface area contributed by atoms with Gasteiger partial charge in [0.2, 0.25) is 10.0 Å². The maximum Gasteiger partial charge on any atom is 0.240 e. The van der Waals surface area contributed by atoms with Gasteiger partial charge in [0.15, 0.2) is 0 Å². The summed E-state index contributed by atoms with van der Waals surface area (Å²) >= 11 is 5.65. The molecule has 0 amide bonds. The van der Waals surface area contributed by atoms with E-state index in [1.54, 1.807) is 12.1 Å². The average Bonchev–Trinajstić information content (AvgIpc) is 2.39.